The van der Waals surface area contributed by atoms with Crippen LogP contribution in [0, 0.1) is 5.41 Å². The van der Waals surface area contributed by atoms with Crippen molar-refractivity contribution < 1.29 is 27.9 Å². The highest BCUT2D eigenvalue weighted by Crippen LogP contribution is 2.45. The first-order valence-corrected chi connectivity index (χ1v) is 6.08. The van der Waals surface area contributed by atoms with E-state index in [-0.39, 0.29) is 13.1 Å². The number of carboxylic acids is 1. The molecule has 1 aliphatic rings. The molecule has 9 heteroatoms. The van der Waals surface area contributed by atoms with E-state index in [0.29, 0.717) is 6.54 Å². The average Bonchev–Trinajstić information content (AvgIpc) is 2.73. The molecule has 0 aromatic carbocycles. The van der Waals surface area contributed by atoms with Gasteiger partial charge >= 0.3 is 18.2 Å². The Morgan fingerprint density at radius 3 is 2.40 bits per heavy atom. The minimum absolute atomic E-state index is 0.223. The van der Waals surface area contributed by atoms with Crippen LogP contribution in [-0.2, 0) is 4.79 Å². The molecular weight excluding hydrogens is 279 g/mol. The highest BCUT2D eigenvalue weighted by Gasteiger charge is 2.64. The van der Waals surface area contributed by atoms with E-state index in [0.717, 1.165) is 4.90 Å². The van der Waals surface area contributed by atoms with E-state index >= 15 is 0 Å². The van der Waals surface area contributed by atoms with Crippen LogP contribution in [0.4, 0.5) is 18.0 Å². The second-order valence-corrected chi connectivity index (χ2v) is 5.09. The number of nitrogens with one attached hydrogen (secondary N) is 1. The topological polar surface area (TPSA) is 72.9 Å². The molecule has 1 fully saturated rings. The van der Waals surface area contributed by atoms with Crippen molar-refractivity contribution in [2.24, 2.45) is 5.41 Å². The van der Waals surface area contributed by atoms with E-state index in [4.69, 9.17) is 5.11 Å². The number of hydrogen-bond donors (Lipinski definition) is 2. The normalized spacial score (nSPS) is 23.2. The van der Waals surface area contributed by atoms with Gasteiger partial charge in [0.1, 0.15) is 0 Å². The van der Waals surface area contributed by atoms with Gasteiger partial charge in [-0.15, -0.1) is 0 Å². The fraction of sp³-hybridized carbons (Fsp3) is 0.818. The van der Waals surface area contributed by atoms with Crippen molar-refractivity contribution in [2.45, 2.75) is 12.6 Å². The van der Waals surface area contributed by atoms with Crippen LogP contribution in [0.25, 0.3) is 0 Å². The van der Waals surface area contributed by atoms with Gasteiger partial charge in [-0.2, -0.15) is 13.2 Å². The first-order valence-electron chi connectivity index (χ1n) is 6.08. The minimum Gasteiger partial charge on any atom is -0.481 e. The number of alkyl halides is 3. The van der Waals surface area contributed by atoms with Gasteiger partial charge in [-0.3, -0.25) is 4.79 Å². The molecule has 20 heavy (non-hydrogen) atoms. The molecule has 0 aliphatic carbocycles. The fourth-order valence-corrected chi connectivity index (χ4v) is 2.01. The Balaban J connectivity index is 2.65. The third-order valence-corrected chi connectivity index (χ3v) is 3.34. The van der Waals surface area contributed by atoms with Gasteiger partial charge in [0.25, 0.3) is 0 Å². The number of halogens is 3. The van der Waals surface area contributed by atoms with Gasteiger partial charge in [0, 0.05) is 26.2 Å². The van der Waals surface area contributed by atoms with Crippen molar-refractivity contribution in [3.05, 3.63) is 0 Å². The van der Waals surface area contributed by atoms with E-state index in [1.165, 1.54) is 0 Å². The van der Waals surface area contributed by atoms with Crippen LogP contribution < -0.4 is 5.32 Å². The number of likely N-dealkylation sites (N-methyl/N-ethyl adjacent to an activating group) is 1. The highest BCUT2D eigenvalue weighted by atomic mass is 19.4. The molecule has 6 nitrogen and oxygen atoms in total. The predicted octanol–water partition coefficient (Wildman–Crippen LogP) is 0.597. The first kappa shape index (κ1) is 16.5. The summed E-state index contributed by atoms with van der Waals surface area (Å²) < 4.78 is 38.7. The summed E-state index contributed by atoms with van der Waals surface area (Å²) >= 11 is 0. The first-order chi connectivity index (χ1) is 9.10. The van der Waals surface area contributed by atoms with Gasteiger partial charge in [-0.05, 0) is 20.5 Å². The van der Waals surface area contributed by atoms with Crippen molar-refractivity contribution in [1.29, 1.82) is 0 Å². The number of amides is 2. The third-order valence-electron chi connectivity index (χ3n) is 3.34. The molecule has 0 spiro atoms. The summed E-state index contributed by atoms with van der Waals surface area (Å²) in [4.78, 5) is 25.4. The number of carboxylic acid groups (broad SMARTS) is 1. The van der Waals surface area contributed by atoms with Crippen molar-refractivity contribution in [2.75, 3.05) is 40.3 Å². The smallest absolute Gasteiger partial charge is 0.406 e. The number of likely N-dealkylation sites (tertiary alicyclic amines) is 1. The molecule has 1 atom stereocenters. The number of aliphatic carboxylic acids is 1. The van der Waals surface area contributed by atoms with Crippen LogP contribution in [0.2, 0.25) is 0 Å². The molecule has 0 bridgehead atoms. The monoisotopic (exact) mass is 297 g/mol. The van der Waals surface area contributed by atoms with E-state index in [1.807, 2.05) is 4.90 Å². The van der Waals surface area contributed by atoms with Crippen LogP contribution in [0.3, 0.4) is 0 Å². The average molecular weight is 297 g/mol. The second kappa shape index (κ2) is 5.86. The summed E-state index contributed by atoms with van der Waals surface area (Å²) in [6.07, 6.45) is -5.50. The lowest BCUT2D eigenvalue weighted by atomic mass is 9.86. The van der Waals surface area contributed by atoms with Crippen LogP contribution in [0.15, 0.2) is 0 Å². The summed E-state index contributed by atoms with van der Waals surface area (Å²) in [5, 5.41) is 11.3. The maximum absolute atomic E-state index is 12.9. The van der Waals surface area contributed by atoms with Crippen LogP contribution in [0.1, 0.15) is 6.42 Å². The molecule has 1 rings (SSSR count). The van der Waals surface area contributed by atoms with Crippen molar-refractivity contribution in [1.82, 2.24) is 15.1 Å². The van der Waals surface area contributed by atoms with E-state index in [1.54, 1.807) is 14.1 Å². The number of carbonyl (C=O) groups excluding carboxylic acids is 1. The number of hydrogen-bond acceptors (Lipinski definition) is 3. The van der Waals surface area contributed by atoms with E-state index in [9.17, 15) is 22.8 Å². The predicted molar refractivity (Wildman–Crippen MR) is 64.3 cm³/mol. The molecule has 1 unspecified atom stereocenters. The zero-order valence-corrected chi connectivity index (χ0v) is 11.3. The molecule has 2 N–H and O–H groups in total. The van der Waals surface area contributed by atoms with Crippen LogP contribution >= 0.6 is 0 Å². The van der Waals surface area contributed by atoms with E-state index < -0.39 is 36.6 Å². The zero-order chi connectivity index (χ0) is 15.6. The Bertz CT molecular complexity index is 387. The molecule has 2 amide bonds. The summed E-state index contributed by atoms with van der Waals surface area (Å²) in [6.45, 7) is -0.239. The van der Waals surface area contributed by atoms with Crippen molar-refractivity contribution >= 4 is 12.0 Å². The molecule has 116 valence electrons. The zero-order valence-electron chi connectivity index (χ0n) is 11.3. The lowest BCUT2D eigenvalue weighted by Gasteiger charge is -2.27. The van der Waals surface area contributed by atoms with Crippen molar-refractivity contribution in [3.63, 3.8) is 0 Å². The van der Waals surface area contributed by atoms with Crippen LogP contribution in [-0.4, -0.2) is 73.4 Å². The Morgan fingerprint density at radius 2 is 2.00 bits per heavy atom. The molecule has 0 aromatic heterocycles. The summed E-state index contributed by atoms with van der Waals surface area (Å²) in [5.41, 5.74) is -2.86. The largest absolute Gasteiger partial charge is 0.481 e. The highest BCUT2D eigenvalue weighted by molar-refractivity contribution is 5.80. The summed E-state index contributed by atoms with van der Waals surface area (Å²) in [7, 11) is 3.59. The van der Waals surface area contributed by atoms with E-state index in [2.05, 4.69) is 5.32 Å². The number of urea groups is 1. The maximum atomic E-state index is 12.9. The summed E-state index contributed by atoms with van der Waals surface area (Å²) in [5.74, 6) is -1.94. The lowest BCUT2D eigenvalue weighted by molar-refractivity contribution is -0.226. The number of nitrogens with zero attached hydrogens (tertiary/aromatic N) is 2. The van der Waals surface area contributed by atoms with Gasteiger partial charge in [-0.1, -0.05) is 0 Å². The Morgan fingerprint density at radius 1 is 1.40 bits per heavy atom. The minimum atomic E-state index is -4.88. The van der Waals surface area contributed by atoms with Crippen LogP contribution in [0.5, 0.6) is 0 Å². The summed E-state index contributed by atoms with van der Waals surface area (Å²) in [6, 6.07) is -0.667. The third kappa shape index (κ3) is 3.33. The second-order valence-electron chi connectivity index (χ2n) is 5.09. The maximum Gasteiger partial charge on any atom is 0.406 e. The Hall–Kier alpha value is -1.51. The van der Waals surface area contributed by atoms with Gasteiger partial charge < -0.3 is 20.2 Å². The fourth-order valence-electron chi connectivity index (χ4n) is 2.01. The molecule has 1 saturated heterocycles. The Labute approximate surface area is 114 Å². The Kier molecular flexibility index (Phi) is 4.85. The molecular formula is C11H18F3N3O3. The quantitative estimate of drug-likeness (QED) is 0.797. The van der Waals surface area contributed by atoms with Gasteiger partial charge in [-0.25, -0.2) is 4.79 Å². The molecule has 1 heterocycles. The lowest BCUT2D eigenvalue weighted by Crippen LogP contribution is -2.49. The molecule has 0 radical (unpaired) electrons. The van der Waals surface area contributed by atoms with Gasteiger partial charge in [0.05, 0.1) is 0 Å². The molecule has 0 saturated carbocycles. The van der Waals surface area contributed by atoms with Crippen molar-refractivity contribution in [3.8, 4) is 0 Å². The SMILES string of the molecule is CN(C)CCNC(=O)N1CCC(C(=O)O)(C(F)(F)F)C1. The number of rotatable bonds is 4. The van der Waals surface area contributed by atoms with Gasteiger partial charge in [0.2, 0.25) is 0 Å². The standard InChI is InChI=1S/C11H18F3N3O3/c1-16(2)6-4-15-9(20)17-5-3-10(7-17,8(18)19)11(12,13)14/h3-7H2,1-2H3,(H,15,20)(H,18,19). The number of carbonyl (C=O) groups is 2. The molecule has 0 aromatic rings. The molecule has 1 aliphatic heterocycles. The van der Waals surface area contributed by atoms with Gasteiger partial charge in [0.15, 0.2) is 5.41 Å².